The van der Waals surface area contributed by atoms with Gasteiger partial charge in [-0.3, -0.25) is 0 Å². The minimum absolute atomic E-state index is 0.831. The van der Waals surface area contributed by atoms with E-state index in [2.05, 4.69) is 43.1 Å². The highest BCUT2D eigenvalue weighted by molar-refractivity contribution is 5.81. The third-order valence-electron chi connectivity index (χ3n) is 3.50. The zero-order valence-electron chi connectivity index (χ0n) is 12.2. The first-order chi connectivity index (χ1) is 9.29. The van der Waals surface area contributed by atoms with Crippen LogP contribution in [0.3, 0.4) is 0 Å². The molecule has 19 heavy (non-hydrogen) atoms. The van der Waals surface area contributed by atoms with Gasteiger partial charge in [-0.15, -0.1) is 0 Å². The second kappa shape index (κ2) is 7.22. The third-order valence-corrected chi connectivity index (χ3v) is 3.50. The molecular weight excluding hydrogens is 234 g/mol. The number of rotatable bonds is 8. The van der Waals surface area contributed by atoms with Crippen LogP contribution in [-0.2, 0) is 0 Å². The fourth-order valence-electron chi connectivity index (χ4n) is 2.41. The number of fused-ring (bicyclic) bond motifs is 1. The number of benzene rings is 1. The average molecular weight is 259 g/mol. The van der Waals surface area contributed by atoms with Crippen LogP contribution in [0.25, 0.3) is 10.9 Å². The third kappa shape index (κ3) is 4.30. The average Bonchev–Trinajstić information content (AvgIpc) is 2.77. The highest BCUT2D eigenvalue weighted by Crippen LogP contribution is 2.21. The Hall–Kier alpha value is -1.44. The summed E-state index contributed by atoms with van der Waals surface area (Å²) in [5.74, 6) is 0.975. The van der Waals surface area contributed by atoms with Crippen LogP contribution in [0.15, 0.2) is 24.3 Å². The molecule has 0 atom stereocenters. The Morgan fingerprint density at radius 2 is 1.79 bits per heavy atom. The Morgan fingerprint density at radius 3 is 2.63 bits per heavy atom. The Morgan fingerprint density at radius 1 is 1.00 bits per heavy atom. The molecule has 0 fully saturated rings. The highest BCUT2D eigenvalue weighted by Gasteiger charge is 2.00. The number of ether oxygens (including phenoxy) is 1. The van der Waals surface area contributed by atoms with Gasteiger partial charge < -0.3 is 9.72 Å². The summed E-state index contributed by atoms with van der Waals surface area (Å²) in [6.07, 6.45) is 7.82. The first kappa shape index (κ1) is 14.0. The molecule has 0 spiro atoms. The van der Waals surface area contributed by atoms with E-state index in [0.29, 0.717) is 0 Å². The Balaban J connectivity index is 1.72. The molecule has 0 aliphatic rings. The first-order valence-electron chi connectivity index (χ1n) is 7.52. The summed E-state index contributed by atoms with van der Waals surface area (Å²) >= 11 is 0. The van der Waals surface area contributed by atoms with Gasteiger partial charge in [0, 0.05) is 17.3 Å². The summed E-state index contributed by atoms with van der Waals surface area (Å²) in [4.78, 5) is 3.34. The lowest BCUT2D eigenvalue weighted by molar-refractivity contribution is 0.304. The van der Waals surface area contributed by atoms with Gasteiger partial charge in [-0.2, -0.15) is 0 Å². The molecule has 0 bridgehead atoms. The number of hydrogen-bond donors (Lipinski definition) is 1. The number of aryl methyl sites for hydroxylation is 1. The molecule has 0 amide bonds. The molecule has 1 heterocycles. The van der Waals surface area contributed by atoms with Crippen molar-refractivity contribution in [1.82, 2.24) is 4.98 Å². The largest absolute Gasteiger partial charge is 0.494 e. The summed E-state index contributed by atoms with van der Waals surface area (Å²) in [6, 6.07) is 8.44. The molecule has 104 valence electrons. The molecule has 2 rings (SSSR count). The van der Waals surface area contributed by atoms with E-state index >= 15 is 0 Å². The van der Waals surface area contributed by atoms with Gasteiger partial charge in [0.25, 0.3) is 0 Å². The van der Waals surface area contributed by atoms with Crippen molar-refractivity contribution in [2.75, 3.05) is 6.61 Å². The van der Waals surface area contributed by atoms with Gasteiger partial charge >= 0.3 is 0 Å². The molecule has 0 radical (unpaired) electrons. The number of H-pyrrole nitrogens is 1. The van der Waals surface area contributed by atoms with Crippen molar-refractivity contribution in [3.05, 3.63) is 30.0 Å². The lowest BCUT2D eigenvalue weighted by Gasteiger charge is -2.06. The zero-order valence-corrected chi connectivity index (χ0v) is 12.2. The van der Waals surface area contributed by atoms with Crippen LogP contribution in [-0.4, -0.2) is 11.6 Å². The summed E-state index contributed by atoms with van der Waals surface area (Å²) < 4.78 is 5.81. The van der Waals surface area contributed by atoms with Gasteiger partial charge in [0.1, 0.15) is 5.75 Å². The minimum atomic E-state index is 0.831. The van der Waals surface area contributed by atoms with E-state index in [-0.39, 0.29) is 0 Å². The van der Waals surface area contributed by atoms with E-state index in [9.17, 15) is 0 Å². The molecule has 2 nitrogen and oxygen atoms in total. The highest BCUT2D eigenvalue weighted by atomic mass is 16.5. The summed E-state index contributed by atoms with van der Waals surface area (Å²) in [5, 5.41) is 1.25. The van der Waals surface area contributed by atoms with Crippen molar-refractivity contribution in [3.63, 3.8) is 0 Å². The number of aromatic nitrogens is 1. The Bertz CT molecular complexity index is 501. The minimum Gasteiger partial charge on any atom is -0.494 e. The van der Waals surface area contributed by atoms with Crippen molar-refractivity contribution < 1.29 is 4.74 Å². The summed E-state index contributed by atoms with van der Waals surface area (Å²) in [7, 11) is 0. The predicted octanol–water partition coefficient (Wildman–Crippen LogP) is 5.22. The zero-order chi connectivity index (χ0) is 13.5. The predicted molar refractivity (Wildman–Crippen MR) is 81.9 cm³/mol. The molecule has 0 saturated heterocycles. The smallest absolute Gasteiger partial charge is 0.121 e. The summed E-state index contributed by atoms with van der Waals surface area (Å²) in [6.45, 7) is 5.16. The molecule has 1 aromatic carbocycles. The van der Waals surface area contributed by atoms with E-state index in [1.54, 1.807) is 0 Å². The van der Waals surface area contributed by atoms with E-state index < -0.39 is 0 Å². The normalized spacial score (nSPS) is 11.1. The van der Waals surface area contributed by atoms with Crippen molar-refractivity contribution in [1.29, 1.82) is 0 Å². The van der Waals surface area contributed by atoms with Crippen LogP contribution >= 0.6 is 0 Å². The fourth-order valence-corrected chi connectivity index (χ4v) is 2.41. The van der Waals surface area contributed by atoms with Crippen molar-refractivity contribution >= 4 is 10.9 Å². The van der Waals surface area contributed by atoms with Crippen molar-refractivity contribution in [2.45, 2.75) is 52.4 Å². The maximum Gasteiger partial charge on any atom is 0.121 e. The van der Waals surface area contributed by atoms with Gasteiger partial charge in [-0.1, -0.05) is 39.0 Å². The monoisotopic (exact) mass is 259 g/mol. The Kier molecular flexibility index (Phi) is 5.31. The van der Waals surface area contributed by atoms with Gasteiger partial charge in [0.05, 0.1) is 6.61 Å². The van der Waals surface area contributed by atoms with Gasteiger partial charge in [-0.05, 0) is 36.9 Å². The van der Waals surface area contributed by atoms with Crippen molar-refractivity contribution in [3.8, 4) is 5.75 Å². The van der Waals surface area contributed by atoms with E-state index in [1.807, 2.05) is 0 Å². The molecule has 0 unspecified atom stereocenters. The number of nitrogens with one attached hydrogen (secondary N) is 1. The van der Waals surface area contributed by atoms with Crippen LogP contribution in [0.4, 0.5) is 0 Å². The molecule has 0 saturated carbocycles. The van der Waals surface area contributed by atoms with Crippen LogP contribution < -0.4 is 4.74 Å². The second-order valence-electron chi connectivity index (χ2n) is 5.32. The molecule has 2 aromatic rings. The van der Waals surface area contributed by atoms with Crippen LogP contribution in [0.5, 0.6) is 5.75 Å². The maximum atomic E-state index is 5.81. The molecular formula is C17H25NO. The maximum absolute atomic E-state index is 5.81. The lowest BCUT2D eigenvalue weighted by Crippen LogP contribution is -1.97. The number of unbranched alkanes of at least 4 members (excludes halogenated alkanes) is 5. The molecule has 0 aliphatic heterocycles. The lowest BCUT2D eigenvalue weighted by atomic mass is 10.1. The van der Waals surface area contributed by atoms with Crippen LogP contribution in [0.2, 0.25) is 0 Å². The molecule has 2 heteroatoms. The number of hydrogen-bond acceptors (Lipinski definition) is 1. The quantitative estimate of drug-likeness (QED) is 0.646. The topological polar surface area (TPSA) is 25.0 Å². The standard InChI is InChI=1S/C17H25NO/c1-3-4-5-6-7-8-11-19-16-10-9-15-12-14(2)18-17(15)13-16/h9-10,12-13,18H,3-8,11H2,1-2H3. The van der Waals surface area contributed by atoms with E-state index in [0.717, 1.165) is 24.3 Å². The van der Waals surface area contributed by atoms with E-state index in [4.69, 9.17) is 4.74 Å². The summed E-state index contributed by atoms with van der Waals surface area (Å²) in [5.41, 5.74) is 2.36. The Labute approximate surface area is 116 Å². The first-order valence-corrected chi connectivity index (χ1v) is 7.52. The van der Waals surface area contributed by atoms with Gasteiger partial charge in [-0.25, -0.2) is 0 Å². The van der Waals surface area contributed by atoms with Crippen molar-refractivity contribution in [2.24, 2.45) is 0 Å². The molecule has 0 aliphatic carbocycles. The van der Waals surface area contributed by atoms with Crippen LogP contribution in [0, 0.1) is 6.92 Å². The van der Waals surface area contributed by atoms with Gasteiger partial charge in [0.15, 0.2) is 0 Å². The second-order valence-corrected chi connectivity index (χ2v) is 5.32. The van der Waals surface area contributed by atoms with Gasteiger partial charge in [0.2, 0.25) is 0 Å². The fraction of sp³-hybridized carbons (Fsp3) is 0.529. The van der Waals surface area contributed by atoms with E-state index in [1.165, 1.54) is 43.2 Å². The molecule has 1 N–H and O–H groups in total. The molecule has 1 aromatic heterocycles. The van der Waals surface area contributed by atoms with Crippen LogP contribution in [0.1, 0.15) is 51.1 Å². The SMILES string of the molecule is CCCCCCCCOc1ccc2cc(C)[nH]c2c1. The number of aromatic amines is 1.